The molecule has 8 heterocycles. The molecule has 24 aromatic rings. The van der Waals surface area contributed by atoms with Crippen molar-refractivity contribution in [2.24, 2.45) is 0 Å². The van der Waals surface area contributed by atoms with E-state index < -0.39 is 0 Å². The van der Waals surface area contributed by atoms with Gasteiger partial charge in [-0.3, -0.25) is 0 Å². The van der Waals surface area contributed by atoms with E-state index in [1.807, 2.05) is 42.5 Å². The molecule has 532 valence electrons. The average Bonchev–Trinajstić information content (AvgIpc) is 1.52. The molecule has 24 rings (SSSR count). The summed E-state index contributed by atoms with van der Waals surface area (Å²) in [5, 5.41) is 13.2. The summed E-state index contributed by atoms with van der Waals surface area (Å²) in [5.41, 5.74) is 21.4. The highest BCUT2D eigenvalue weighted by atomic mass is 32.1. The molecule has 0 fully saturated rings. The van der Waals surface area contributed by atoms with E-state index in [0.717, 1.165) is 182 Å². The van der Waals surface area contributed by atoms with Gasteiger partial charge in [0.25, 0.3) is 0 Å². The number of rotatable bonds is 10. The maximum atomic E-state index is 6.89. The van der Waals surface area contributed by atoms with E-state index in [9.17, 15) is 0 Å². The fraction of sp³-hybridized carbons (Fsp3) is 0. The van der Waals surface area contributed by atoms with Crippen molar-refractivity contribution in [3.05, 3.63) is 364 Å². The second-order valence-electron chi connectivity index (χ2n) is 28.8. The third-order valence-corrected chi connectivity index (χ3v) is 23.2. The first-order chi connectivity index (χ1) is 56.5. The molecular formula is C102H60N8O3S. The zero-order valence-corrected chi connectivity index (χ0v) is 61.7. The number of fused-ring (bicyclic) bond motifs is 20. The van der Waals surface area contributed by atoms with Crippen LogP contribution in [-0.4, -0.2) is 39.0 Å². The number of hydrogen-bond acceptors (Lipinski definition) is 10. The van der Waals surface area contributed by atoms with Gasteiger partial charge in [0, 0.05) is 108 Å². The SMILES string of the molecule is c1ccc(-c2cccc(-c3nc(-c4ccc5c(c4)oc4c5ccc5c4c4ccccc4n5-c4ccccc4)nc(-c4cccc5sc6ccccc6c45)n3)c2)cc1.c1ccc(-c2cccc(-c3nc(-c4ccc5c(c4)oc4ccccc45)nc(-c4ccc5c(c4)oc4c5ccc5c4c4ccccc4n5-c4ccccc4)n3)c2)cc1. The molecule has 114 heavy (non-hydrogen) atoms. The van der Waals surface area contributed by atoms with Gasteiger partial charge in [-0.1, -0.05) is 237 Å². The Morgan fingerprint density at radius 1 is 0.202 bits per heavy atom. The van der Waals surface area contributed by atoms with Gasteiger partial charge in [-0.2, -0.15) is 0 Å². The first-order valence-corrected chi connectivity index (χ1v) is 38.8. The van der Waals surface area contributed by atoms with Gasteiger partial charge >= 0.3 is 0 Å². The number of para-hydroxylation sites is 5. The minimum Gasteiger partial charge on any atom is -0.456 e. The van der Waals surface area contributed by atoms with Crippen LogP contribution in [0.3, 0.4) is 0 Å². The molecule has 0 amide bonds. The molecule has 0 spiro atoms. The highest BCUT2D eigenvalue weighted by molar-refractivity contribution is 7.26. The van der Waals surface area contributed by atoms with Crippen LogP contribution < -0.4 is 0 Å². The fourth-order valence-electron chi connectivity index (χ4n) is 16.8. The molecule has 12 heteroatoms. The highest BCUT2D eigenvalue weighted by Crippen LogP contribution is 2.46. The number of hydrogen-bond donors (Lipinski definition) is 0. The Morgan fingerprint density at radius 3 is 1.05 bits per heavy atom. The summed E-state index contributed by atoms with van der Waals surface area (Å²) in [6, 6.07) is 126. The van der Waals surface area contributed by atoms with Crippen LogP contribution in [0.15, 0.2) is 377 Å². The highest BCUT2D eigenvalue weighted by Gasteiger charge is 2.25. The third kappa shape index (κ3) is 10.7. The van der Waals surface area contributed by atoms with Crippen LogP contribution in [-0.2, 0) is 0 Å². The second-order valence-corrected chi connectivity index (χ2v) is 29.9. The van der Waals surface area contributed by atoms with Crippen LogP contribution in [0, 0.1) is 0 Å². The van der Waals surface area contributed by atoms with Crippen molar-refractivity contribution in [3.63, 3.8) is 0 Å². The average molecular weight is 1480 g/mol. The van der Waals surface area contributed by atoms with Gasteiger partial charge < -0.3 is 22.4 Å². The van der Waals surface area contributed by atoms with Crippen LogP contribution in [0.25, 0.3) is 232 Å². The molecule has 11 nitrogen and oxygen atoms in total. The summed E-state index contributed by atoms with van der Waals surface area (Å²) < 4.78 is 27.1. The van der Waals surface area contributed by atoms with Crippen LogP contribution >= 0.6 is 11.3 Å². The molecule has 0 saturated heterocycles. The van der Waals surface area contributed by atoms with Crippen molar-refractivity contribution >= 4 is 141 Å². The van der Waals surface area contributed by atoms with Crippen LogP contribution in [0.2, 0.25) is 0 Å². The molecule has 8 aromatic heterocycles. The lowest BCUT2D eigenvalue weighted by atomic mass is 10.0. The van der Waals surface area contributed by atoms with Gasteiger partial charge in [-0.05, 0) is 150 Å². The van der Waals surface area contributed by atoms with Gasteiger partial charge in [0.2, 0.25) is 0 Å². The van der Waals surface area contributed by atoms with Crippen molar-refractivity contribution in [3.8, 4) is 102 Å². The first-order valence-electron chi connectivity index (χ1n) is 38.0. The van der Waals surface area contributed by atoms with E-state index in [2.05, 4.69) is 331 Å². The van der Waals surface area contributed by atoms with E-state index in [0.29, 0.717) is 34.9 Å². The standard InChI is InChI=1S/C51H30N4O2.C51H30N4OS/c1-3-12-31(13-4-1)32-14-11-15-33(28-32)49-52-50(34-22-24-38-37-18-8-10-21-44(37)56-45(38)29-34)54-51(53-49)35-23-25-39-40-26-27-43-47(48(40)57-46(39)30-35)41-19-7-9-20-42(41)55(43)36-16-5-2-6-17-36;1-3-13-31(14-4-1)32-15-11-16-33(29-32)49-52-50(54-51(53-49)40-21-12-24-45-46(40)39-20-8-10-23-44(39)57-45)34-25-26-36-37-27-28-42-47(48(37)56-43(36)30-34)38-19-7-9-22-41(38)55(42)35-17-5-2-6-18-35/h2*1-30H. The number of thiophene rings is 1. The number of furan rings is 3. The normalized spacial score (nSPS) is 11.9. The topological polar surface area (TPSA) is 127 Å². The summed E-state index contributed by atoms with van der Waals surface area (Å²) in [5.74, 6) is 3.53. The van der Waals surface area contributed by atoms with Gasteiger partial charge in [-0.25, -0.2) is 29.9 Å². The first kappa shape index (κ1) is 64.7. The van der Waals surface area contributed by atoms with Crippen molar-refractivity contribution in [2.45, 2.75) is 0 Å². The van der Waals surface area contributed by atoms with Gasteiger partial charge in [0.1, 0.15) is 33.5 Å². The minimum atomic E-state index is 0.554. The second kappa shape index (κ2) is 26.2. The summed E-state index contributed by atoms with van der Waals surface area (Å²) >= 11 is 1.79. The summed E-state index contributed by atoms with van der Waals surface area (Å²) in [4.78, 5) is 31.0. The molecule has 0 aliphatic rings. The van der Waals surface area contributed by atoms with Crippen molar-refractivity contribution in [1.29, 1.82) is 0 Å². The van der Waals surface area contributed by atoms with Crippen molar-refractivity contribution in [2.75, 3.05) is 0 Å². The van der Waals surface area contributed by atoms with Crippen molar-refractivity contribution in [1.82, 2.24) is 39.0 Å². The van der Waals surface area contributed by atoms with Gasteiger partial charge in [0.05, 0.1) is 32.8 Å². The van der Waals surface area contributed by atoms with Crippen LogP contribution in [0.1, 0.15) is 0 Å². The molecule has 0 aliphatic carbocycles. The van der Waals surface area contributed by atoms with E-state index in [1.165, 1.54) is 14.8 Å². The van der Waals surface area contributed by atoms with Crippen LogP contribution in [0.5, 0.6) is 0 Å². The monoisotopic (exact) mass is 1480 g/mol. The summed E-state index contributed by atoms with van der Waals surface area (Å²) in [7, 11) is 0. The zero-order chi connectivity index (χ0) is 74.9. The largest absolute Gasteiger partial charge is 0.456 e. The van der Waals surface area contributed by atoms with E-state index >= 15 is 0 Å². The Bertz CT molecular complexity index is 8000. The predicted molar refractivity (Wildman–Crippen MR) is 467 cm³/mol. The van der Waals surface area contributed by atoms with E-state index in [4.69, 9.17) is 43.2 Å². The maximum absolute atomic E-state index is 6.89. The Labute approximate surface area is 654 Å². The predicted octanol–water partition coefficient (Wildman–Crippen LogP) is 27.3. The molecule has 16 aromatic carbocycles. The lowest BCUT2D eigenvalue weighted by Crippen LogP contribution is -2.00. The van der Waals surface area contributed by atoms with E-state index in [-0.39, 0.29) is 0 Å². The Balaban J connectivity index is 0.000000135. The zero-order valence-electron chi connectivity index (χ0n) is 60.9. The smallest absolute Gasteiger partial charge is 0.164 e. The summed E-state index contributed by atoms with van der Waals surface area (Å²) in [6.45, 7) is 0. The molecule has 0 saturated carbocycles. The molecule has 0 bridgehead atoms. The Morgan fingerprint density at radius 2 is 0.553 bits per heavy atom. The molecule has 0 atom stereocenters. The quantitative estimate of drug-likeness (QED) is 0.131. The molecule has 0 N–H and O–H groups in total. The number of nitrogens with zero attached hydrogens (tertiary/aromatic N) is 8. The Hall–Kier alpha value is -15.2. The molecule has 0 unspecified atom stereocenters. The maximum Gasteiger partial charge on any atom is 0.164 e. The number of aromatic nitrogens is 8. The molecule has 0 aliphatic heterocycles. The minimum absolute atomic E-state index is 0.554. The van der Waals surface area contributed by atoms with Gasteiger partial charge in [0.15, 0.2) is 34.9 Å². The van der Waals surface area contributed by atoms with Gasteiger partial charge in [-0.15, -0.1) is 11.3 Å². The molecular weight excluding hydrogens is 1420 g/mol. The molecule has 0 radical (unpaired) electrons. The number of benzene rings is 16. The van der Waals surface area contributed by atoms with Crippen molar-refractivity contribution < 1.29 is 13.3 Å². The van der Waals surface area contributed by atoms with E-state index in [1.54, 1.807) is 11.3 Å². The lowest BCUT2D eigenvalue weighted by molar-refractivity contribution is 0.669. The fourth-order valence-corrected chi connectivity index (χ4v) is 18.0. The third-order valence-electron chi connectivity index (χ3n) is 22.1. The summed E-state index contributed by atoms with van der Waals surface area (Å²) in [6.07, 6.45) is 0. The van der Waals surface area contributed by atoms with Crippen LogP contribution in [0.4, 0.5) is 0 Å². The lowest BCUT2D eigenvalue weighted by Gasteiger charge is -2.10. The Kier molecular flexibility index (Phi) is 14.9.